The van der Waals surface area contributed by atoms with Gasteiger partial charge in [0.2, 0.25) is 0 Å². The van der Waals surface area contributed by atoms with Crippen molar-refractivity contribution in [3.8, 4) is 0 Å². The number of aromatic nitrogens is 2. The number of carbonyl (C=O) groups excluding carboxylic acids is 1. The first-order chi connectivity index (χ1) is 10.7. The van der Waals surface area contributed by atoms with Gasteiger partial charge in [-0.1, -0.05) is 0 Å². The van der Waals surface area contributed by atoms with E-state index in [0.717, 1.165) is 31.9 Å². The summed E-state index contributed by atoms with van der Waals surface area (Å²) in [5.74, 6) is 0.719. The lowest BCUT2D eigenvalue weighted by Gasteiger charge is -2.16. The minimum atomic E-state index is -0.608. The molecule has 1 aromatic rings. The molecule has 3 aliphatic rings. The van der Waals surface area contributed by atoms with Crippen molar-refractivity contribution in [2.75, 3.05) is 26.3 Å². The van der Waals surface area contributed by atoms with E-state index in [1.165, 1.54) is 0 Å². The summed E-state index contributed by atoms with van der Waals surface area (Å²) in [7, 11) is 0. The van der Waals surface area contributed by atoms with Crippen molar-refractivity contribution in [2.45, 2.75) is 37.3 Å². The van der Waals surface area contributed by atoms with E-state index in [2.05, 4.69) is 15.6 Å². The van der Waals surface area contributed by atoms with Crippen LogP contribution in [0.4, 0.5) is 0 Å². The molecule has 0 radical (unpaired) electrons. The molecule has 23 heavy (non-hydrogen) atoms. The number of hydrogen-bond acceptors (Lipinski definition) is 6. The van der Waals surface area contributed by atoms with Gasteiger partial charge in [0.05, 0.1) is 19.3 Å². The zero-order chi connectivity index (χ0) is 15.1. The smallest absolute Gasteiger partial charge is 0.271 e. The van der Waals surface area contributed by atoms with Crippen molar-refractivity contribution in [3.63, 3.8) is 0 Å². The quantitative estimate of drug-likeness (QED) is 0.617. The summed E-state index contributed by atoms with van der Waals surface area (Å²) in [6.07, 6.45) is 1.40. The molecular formula is C14H21ClN4O4. The fourth-order valence-electron chi connectivity index (χ4n) is 3.33. The van der Waals surface area contributed by atoms with Gasteiger partial charge in [-0.15, -0.1) is 12.4 Å². The van der Waals surface area contributed by atoms with Gasteiger partial charge in [-0.05, 0) is 0 Å². The third kappa shape index (κ3) is 3.09. The molecule has 0 aliphatic carbocycles. The van der Waals surface area contributed by atoms with E-state index in [-0.39, 0.29) is 43.2 Å². The number of imidazole rings is 1. The monoisotopic (exact) mass is 344 g/mol. The highest BCUT2D eigenvalue weighted by molar-refractivity contribution is 5.92. The van der Waals surface area contributed by atoms with Crippen molar-refractivity contribution in [3.05, 3.63) is 17.7 Å². The molecule has 0 aromatic carbocycles. The maximum Gasteiger partial charge on any atom is 0.271 e. The Kier molecular flexibility index (Phi) is 4.88. The molecule has 2 fully saturated rings. The minimum Gasteiger partial charge on any atom is -0.388 e. The fourth-order valence-corrected chi connectivity index (χ4v) is 3.33. The van der Waals surface area contributed by atoms with E-state index >= 15 is 0 Å². The van der Waals surface area contributed by atoms with Crippen LogP contribution in [-0.2, 0) is 22.4 Å². The van der Waals surface area contributed by atoms with Crippen LogP contribution in [0.5, 0.6) is 0 Å². The molecule has 0 bridgehead atoms. The molecule has 0 spiro atoms. The summed E-state index contributed by atoms with van der Waals surface area (Å²) in [6.45, 7) is 3.20. The number of aliphatic hydroxyl groups is 1. The standard InChI is InChI=1S/C14H20N4O4.ClH/c19-10-7-22-12-9(6-21-13(10)12)17-14(20)8-5-18-4-3-15-2-1-11(18)16-8;/h5,9-10,12-13,15,19H,1-4,6-7H2,(H,17,20);1H/t9-,10-,12-,13-;/m1./s1. The summed E-state index contributed by atoms with van der Waals surface area (Å²) in [5.41, 5.74) is 0.430. The van der Waals surface area contributed by atoms with Gasteiger partial charge in [-0.25, -0.2) is 4.98 Å². The van der Waals surface area contributed by atoms with Crippen LogP contribution < -0.4 is 10.6 Å². The zero-order valence-electron chi connectivity index (χ0n) is 12.6. The number of nitrogens with zero attached hydrogens (tertiary/aromatic N) is 2. The van der Waals surface area contributed by atoms with Crippen molar-refractivity contribution < 1.29 is 19.4 Å². The van der Waals surface area contributed by atoms with E-state index in [4.69, 9.17) is 9.47 Å². The number of aliphatic hydroxyl groups excluding tert-OH is 1. The number of amides is 1. The number of carbonyl (C=O) groups is 1. The molecule has 4 atom stereocenters. The molecule has 0 saturated carbocycles. The maximum atomic E-state index is 12.4. The van der Waals surface area contributed by atoms with Gasteiger partial charge in [0.15, 0.2) is 0 Å². The molecule has 8 nitrogen and oxygen atoms in total. The SMILES string of the molecule is Cl.O=C(N[C@@H]1CO[C@H]2[C@@H]1OC[C@H]2O)c1cn2c(n1)CCNCC2. The van der Waals surface area contributed by atoms with Crippen LogP contribution in [0, 0.1) is 0 Å². The third-order valence-corrected chi connectivity index (χ3v) is 4.49. The second-order valence-corrected chi connectivity index (χ2v) is 5.98. The van der Waals surface area contributed by atoms with E-state index in [1.54, 1.807) is 6.20 Å². The minimum absolute atomic E-state index is 0. The number of fused-ring (bicyclic) bond motifs is 2. The first-order valence-electron chi connectivity index (χ1n) is 7.71. The van der Waals surface area contributed by atoms with Gasteiger partial charge in [-0.3, -0.25) is 4.79 Å². The van der Waals surface area contributed by atoms with Crippen molar-refractivity contribution in [1.82, 2.24) is 20.2 Å². The molecule has 4 rings (SSSR count). The first-order valence-corrected chi connectivity index (χ1v) is 7.71. The highest BCUT2D eigenvalue weighted by atomic mass is 35.5. The van der Waals surface area contributed by atoms with Crippen LogP contribution in [0.25, 0.3) is 0 Å². The van der Waals surface area contributed by atoms with E-state index in [0.29, 0.717) is 12.3 Å². The summed E-state index contributed by atoms with van der Waals surface area (Å²) in [6, 6.07) is -0.238. The van der Waals surface area contributed by atoms with Crippen LogP contribution in [0.1, 0.15) is 16.3 Å². The second-order valence-electron chi connectivity index (χ2n) is 5.98. The molecular weight excluding hydrogens is 324 g/mol. The van der Waals surface area contributed by atoms with Crippen molar-refractivity contribution in [2.24, 2.45) is 0 Å². The summed E-state index contributed by atoms with van der Waals surface area (Å²) in [5, 5.41) is 15.9. The van der Waals surface area contributed by atoms with Crippen LogP contribution in [0.3, 0.4) is 0 Å². The van der Waals surface area contributed by atoms with Crippen LogP contribution in [0.15, 0.2) is 6.20 Å². The van der Waals surface area contributed by atoms with Gasteiger partial charge >= 0.3 is 0 Å². The fraction of sp³-hybridized carbons (Fsp3) is 0.714. The lowest BCUT2D eigenvalue weighted by atomic mass is 10.1. The summed E-state index contributed by atoms with van der Waals surface area (Å²) >= 11 is 0. The van der Waals surface area contributed by atoms with E-state index < -0.39 is 6.10 Å². The molecule has 128 valence electrons. The van der Waals surface area contributed by atoms with Gasteiger partial charge in [0, 0.05) is 32.3 Å². The molecule has 1 aromatic heterocycles. The molecule has 3 N–H and O–H groups in total. The van der Waals surface area contributed by atoms with Crippen molar-refractivity contribution >= 4 is 18.3 Å². The van der Waals surface area contributed by atoms with Gasteiger partial charge in [-0.2, -0.15) is 0 Å². The Bertz CT molecular complexity index is 558. The topological polar surface area (TPSA) is 97.6 Å². The zero-order valence-corrected chi connectivity index (χ0v) is 13.4. The number of ether oxygens (including phenoxy) is 2. The number of hydrogen-bond donors (Lipinski definition) is 3. The normalized spacial score (nSPS) is 32.6. The van der Waals surface area contributed by atoms with Gasteiger partial charge in [0.1, 0.15) is 29.8 Å². The molecule has 9 heteroatoms. The lowest BCUT2D eigenvalue weighted by molar-refractivity contribution is 0.0178. The predicted molar refractivity (Wildman–Crippen MR) is 82.8 cm³/mol. The summed E-state index contributed by atoms with van der Waals surface area (Å²) < 4.78 is 13.1. The Morgan fingerprint density at radius 2 is 2.17 bits per heavy atom. The highest BCUT2D eigenvalue weighted by Crippen LogP contribution is 2.27. The van der Waals surface area contributed by atoms with E-state index in [9.17, 15) is 9.90 Å². The van der Waals surface area contributed by atoms with E-state index in [1.807, 2.05) is 4.57 Å². The molecule has 4 heterocycles. The Morgan fingerprint density at radius 3 is 3.04 bits per heavy atom. The summed E-state index contributed by atoms with van der Waals surface area (Å²) in [4.78, 5) is 16.8. The highest BCUT2D eigenvalue weighted by Gasteiger charge is 2.47. The molecule has 2 saturated heterocycles. The first kappa shape index (κ1) is 16.7. The average Bonchev–Trinajstić information content (AvgIpc) is 3.15. The predicted octanol–water partition coefficient (Wildman–Crippen LogP) is -1.29. The number of nitrogens with one attached hydrogen (secondary N) is 2. The van der Waals surface area contributed by atoms with Gasteiger partial charge < -0.3 is 29.8 Å². The Morgan fingerprint density at radius 1 is 1.35 bits per heavy atom. The second kappa shape index (κ2) is 6.74. The van der Waals surface area contributed by atoms with Crippen LogP contribution in [-0.4, -0.2) is 71.2 Å². The van der Waals surface area contributed by atoms with Crippen molar-refractivity contribution in [1.29, 1.82) is 0 Å². The molecule has 1 amide bonds. The molecule has 0 unspecified atom stereocenters. The lowest BCUT2D eigenvalue weighted by Crippen LogP contribution is -2.44. The Labute approximate surface area is 140 Å². The largest absolute Gasteiger partial charge is 0.388 e. The molecule has 3 aliphatic heterocycles. The Balaban J connectivity index is 0.00000156. The third-order valence-electron chi connectivity index (χ3n) is 4.49. The van der Waals surface area contributed by atoms with Gasteiger partial charge in [0.25, 0.3) is 5.91 Å². The average molecular weight is 345 g/mol. The Hall–Kier alpha value is -1.19. The number of rotatable bonds is 2. The maximum absolute atomic E-state index is 12.4. The number of halogens is 1. The van der Waals surface area contributed by atoms with Crippen LogP contribution in [0.2, 0.25) is 0 Å². The van der Waals surface area contributed by atoms with Crippen LogP contribution >= 0.6 is 12.4 Å².